The topological polar surface area (TPSA) is 82.7 Å². The molecule has 4 amide bonds. The van der Waals surface area contributed by atoms with Gasteiger partial charge in [-0.05, 0) is 51.7 Å². The lowest BCUT2D eigenvalue weighted by atomic mass is 9.97. The highest BCUT2D eigenvalue weighted by Gasteiger charge is 2.25. The van der Waals surface area contributed by atoms with Gasteiger partial charge in [-0.1, -0.05) is 6.07 Å². The average Bonchev–Trinajstić information content (AvgIpc) is 2.59. The Morgan fingerprint density at radius 1 is 1.23 bits per heavy atom. The Morgan fingerprint density at radius 3 is 2.54 bits per heavy atom. The summed E-state index contributed by atoms with van der Waals surface area (Å²) in [6.07, 6.45) is 1.77. The Labute approximate surface area is 155 Å². The fourth-order valence-corrected chi connectivity index (χ4v) is 2.85. The molecule has 144 valence electrons. The highest BCUT2D eigenvalue weighted by Crippen LogP contribution is 2.18. The van der Waals surface area contributed by atoms with Gasteiger partial charge in [-0.25, -0.2) is 9.59 Å². The molecule has 0 spiro atoms. The number of ether oxygens (including phenoxy) is 1. The molecule has 0 radical (unpaired) electrons. The first-order valence-electron chi connectivity index (χ1n) is 9.03. The third kappa shape index (κ3) is 6.46. The van der Waals surface area contributed by atoms with Crippen molar-refractivity contribution in [3.05, 3.63) is 24.3 Å². The number of amides is 4. The van der Waals surface area contributed by atoms with Crippen molar-refractivity contribution in [3.63, 3.8) is 0 Å². The summed E-state index contributed by atoms with van der Waals surface area (Å²) in [7, 11) is 1.59. The van der Waals surface area contributed by atoms with Gasteiger partial charge in [-0.2, -0.15) is 0 Å². The van der Waals surface area contributed by atoms with Gasteiger partial charge >= 0.3 is 12.1 Å². The lowest BCUT2D eigenvalue weighted by molar-refractivity contribution is 0.162. The van der Waals surface area contributed by atoms with Crippen molar-refractivity contribution in [2.75, 3.05) is 32.1 Å². The summed E-state index contributed by atoms with van der Waals surface area (Å²) in [6.45, 7) is 7.95. The summed E-state index contributed by atoms with van der Waals surface area (Å²) in [5, 5.41) is 8.70. The molecular weight excluding hydrogens is 332 g/mol. The van der Waals surface area contributed by atoms with Crippen molar-refractivity contribution in [1.82, 2.24) is 15.5 Å². The van der Waals surface area contributed by atoms with E-state index in [-0.39, 0.29) is 17.6 Å². The molecule has 0 aromatic heterocycles. The number of nitrogens with zero attached hydrogens (tertiary/aromatic N) is 1. The minimum Gasteiger partial charge on any atom is -0.497 e. The average molecular weight is 362 g/mol. The number of nitrogens with one attached hydrogen (secondary N) is 3. The number of methoxy groups -OCH3 is 1. The molecule has 1 aliphatic heterocycles. The molecule has 1 heterocycles. The zero-order valence-corrected chi connectivity index (χ0v) is 16.1. The molecule has 26 heavy (non-hydrogen) atoms. The first-order valence-corrected chi connectivity index (χ1v) is 9.03. The van der Waals surface area contributed by atoms with E-state index in [0.717, 1.165) is 12.8 Å². The number of hydrogen-bond acceptors (Lipinski definition) is 3. The van der Waals surface area contributed by atoms with Crippen molar-refractivity contribution in [3.8, 4) is 5.75 Å². The van der Waals surface area contributed by atoms with Crippen LogP contribution in [0.1, 0.15) is 33.6 Å². The second-order valence-corrected chi connectivity index (χ2v) is 7.68. The maximum Gasteiger partial charge on any atom is 0.319 e. The van der Waals surface area contributed by atoms with Gasteiger partial charge in [-0.15, -0.1) is 0 Å². The Balaban J connectivity index is 1.71. The number of urea groups is 2. The summed E-state index contributed by atoms with van der Waals surface area (Å²) in [5.41, 5.74) is 0.462. The molecule has 0 bridgehead atoms. The number of rotatable bonds is 4. The van der Waals surface area contributed by atoms with Gasteiger partial charge in [0, 0.05) is 36.9 Å². The van der Waals surface area contributed by atoms with E-state index in [1.165, 1.54) is 0 Å². The number of hydrogen-bond donors (Lipinski definition) is 3. The maximum atomic E-state index is 12.2. The smallest absolute Gasteiger partial charge is 0.319 e. The van der Waals surface area contributed by atoms with Crippen LogP contribution in [0.2, 0.25) is 0 Å². The fraction of sp³-hybridized carbons (Fsp3) is 0.579. The van der Waals surface area contributed by atoms with Crippen LogP contribution in [0.25, 0.3) is 0 Å². The number of carbonyl (C=O) groups is 2. The molecule has 7 nitrogen and oxygen atoms in total. The van der Waals surface area contributed by atoms with Crippen molar-refractivity contribution < 1.29 is 14.3 Å². The molecule has 0 saturated carbocycles. The van der Waals surface area contributed by atoms with E-state index < -0.39 is 0 Å². The summed E-state index contributed by atoms with van der Waals surface area (Å²) < 4.78 is 5.14. The van der Waals surface area contributed by atoms with Crippen LogP contribution in [-0.2, 0) is 0 Å². The number of carbonyl (C=O) groups excluding carboxylic acids is 2. The third-order valence-electron chi connectivity index (χ3n) is 4.26. The second-order valence-electron chi connectivity index (χ2n) is 7.68. The SMILES string of the molecule is COc1cccc(NC(=O)NCC2CCN(C(=O)NC(C)(C)C)CC2)c1. The summed E-state index contributed by atoms with van der Waals surface area (Å²) >= 11 is 0. The van der Waals surface area contributed by atoms with Crippen LogP contribution in [0.4, 0.5) is 15.3 Å². The number of likely N-dealkylation sites (tertiary alicyclic amines) is 1. The molecule has 1 aromatic rings. The molecule has 3 N–H and O–H groups in total. The zero-order valence-electron chi connectivity index (χ0n) is 16.1. The van der Waals surface area contributed by atoms with Crippen molar-refractivity contribution in [2.24, 2.45) is 5.92 Å². The van der Waals surface area contributed by atoms with Gasteiger partial charge in [0.25, 0.3) is 0 Å². The van der Waals surface area contributed by atoms with E-state index in [1.54, 1.807) is 13.2 Å². The van der Waals surface area contributed by atoms with E-state index in [0.29, 0.717) is 37.0 Å². The number of piperidine rings is 1. The minimum atomic E-state index is -0.230. The fourth-order valence-electron chi connectivity index (χ4n) is 2.85. The van der Waals surface area contributed by atoms with Gasteiger partial charge < -0.3 is 25.6 Å². The summed E-state index contributed by atoms with van der Waals surface area (Å²) in [4.78, 5) is 26.1. The Hall–Kier alpha value is -2.44. The Morgan fingerprint density at radius 2 is 1.92 bits per heavy atom. The summed E-state index contributed by atoms with van der Waals surface area (Å²) in [6, 6.07) is 6.99. The van der Waals surface area contributed by atoms with Gasteiger partial charge in [0.2, 0.25) is 0 Å². The van der Waals surface area contributed by atoms with E-state index in [9.17, 15) is 9.59 Å². The Bertz CT molecular complexity index is 619. The molecule has 1 saturated heterocycles. The number of anilines is 1. The van der Waals surface area contributed by atoms with E-state index >= 15 is 0 Å². The summed E-state index contributed by atoms with van der Waals surface area (Å²) in [5.74, 6) is 1.08. The lowest BCUT2D eigenvalue weighted by Gasteiger charge is -2.34. The van der Waals surface area contributed by atoms with Crippen LogP contribution in [0, 0.1) is 5.92 Å². The van der Waals surface area contributed by atoms with E-state index in [4.69, 9.17) is 4.74 Å². The Kier molecular flexibility index (Phi) is 6.71. The first-order chi connectivity index (χ1) is 12.3. The second kappa shape index (κ2) is 8.78. The van der Waals surface area contributed by atoms with Crippen LogP contribution in [0.15, 0.2) is 24.3 Å². The van der Waals surface area contributed by atoms with Crippen LogP contribution < -0.4 is 20.7 Å². The molecule has 1 fully saturated rings. The van der Waals surface area contributed by atoms with Gasteiger partial charge in [0.05, 0.1) is 7.11 Å². The molecule has 1 aliphatic rings. The molecular formula is C19H30N4O3. The highest BCUT2D eigenvalue weighted by molar-refractivity contribution is 5.89. The van der Waals surface area contributed by atoms with Crippen molar-refractivity contribution in [1.29, 1.82) is 0 Å². The molecule has 2 rings (SSSR count). The molecule has 1 aromatic carbocycles. The van der Waals surface area contributed by atoms with Crippen molar-refractivity contribution in [2.45, 2.75) is 39.2 Å². The van der Waals surface area contributed by atoms with Gasteiger partial charge in [0.15, 0.2) is 0 Å². The van der Waals surface area contributed by atoms with Crippen LogP contribution >= 0.6 is 0 Å². The molecule has 0 atom stereocenters. The van der Waals surface area contributed by atoms with Crippen LogP contribution in [0.3, 0.4) is 0 Å². The van der Waals surface area contributed by atoms with Crippen LogP contribution in [-0.4, -0.2) is 49.2 Å². The maximum absolute atomic E-state index is 12.2. The quantitative estimate of drug-likeness (QED) is 0.770. The van der Waals surface area contributed by atoms with E-state index in [2.05, 4.69) is 16.0 Å². The monoisotopic (exact) mass is 362 g/mol. The minimum absolute atomic E-state index is 0.0142. The zero-order chi connectivity index (χ0) is 19.2. The number of benzene rings is 1. The molecule has 7 heteroatoms. The predicted molar refractivity (Wildman–Crippen MR) is 103 cm³/mol. The van der Waals surface area contributed by atoms with Gasteiger partial charge in [0.1, 0.15) is 5.75 Å². The normalized spacial score (nSPS) is 15.3. The predicted octanol–water partition coefficient (Wildman–Crippen LogP) is 3.04. The standard InChI is InChI=1S/C19H30N4O3/c1-19(2,3)22-18(25)23-10-8-14(9-11-23)13-20-17(24)21-15-6-5-7-16(12-15)26-4/h5-7,12,14H,8-11,13H2,1-4H3,(H,22,25)(H2,20,21,24). The van der Waals surface area contributed by atoms with E-state index in [1.807, 2.05) is 43.9 Å². The molecule has 0 unspecified atom stereocenters. The van der Waals surface area contributed by atoms with Crippen molar-refractivity contribution >= 4 is 17.7 Å². The largest absolute Gasteiger partial charge is 0.497 e. The van der Waals surface area contributed by atoms with Crippen LogP contribution in [0.5, 0.6) is 5.75 Å². The molecule has 0 aliphatic carbocycles. The third-order valence-corrected chi connectivity index (χ3v) is 4.26. The first kappa shape index (κ1) is 19.9. The lowest BCUT2D eigenvalue weighted by Crippen LogP contribution is -2.51. The highest BCUT2D eigenvalue weighted by atomic mass is 16.5. The van der Waals surface area contributed by atoms with Gasteiger partial charge in [-0.3, -0.25) is 0 Å².